The van der Waals surface area contributed by atoms with Crippen molar-refractivity contribution >= 4 is 49.1 Å². The number of sulfonamides is 1. The Balaban J connectivity index is 1.49. The third kappa shape index (κ3) is 4.07. The van der Waals surface area contributed by atoms with Gasteiger partial charge in [0, 0.05) is 31.1 Å². The minimum Gasteiger partial charge on any atom is -0.319 e. The number of halogens is 2. The minimum absolute atomic E-state index is 0.186. The molecule has 1 amide bonds. The SMILES string of the molecule is Cn1c(=NC(=O)C2CCN(S(=O)(=O)c3ccc(Cl)cc3)CC2)sc2cc(F)ccc21. The maximum absolute atomic E-state index is 13.4. The van der Waals surface area contributed by atoms with Crippen LogP contribution in [0.4, 0.5) is 4.39 Å². The summed E-state index contributed by atoms with van der Waals surface area (Å²) >= 11 is 7.09. The standard InChI is InChI=1S/C20H19ClFN3O3S2/c1-24-17-7-4-15(22)12-18(17)29-20(24)23-19(26)13-8-10-25(11-9-13)30(27,28)16-5-2-14(21)3-6-16/h2-7,12-13H,8-11H2,1H3. The highest BCUT2D eigenvalue weighted by Gasteiger charge is 2.32. The molecule has 0 atom stereocenters. The van der Waals surface area contributed by atoms with Crippen LogP contribution in [0.1, 0.15) is 12.8 Å². The highest BCUT2D eigenvalue weighted by Crippen LogP contribution is 2.25. The number of benzene rings is 2. The van der Waals surface area contributed by atoms with E-state index in [1.807, 2.05) is 0 Å². The molecule has 0 bridgehead atoms. The monoisotopic (exact) mass is 467 g/mol. The van der Waals surface area contributed by atoms with Crippen molar-refractivity contribution in [3.63, 3.8) is 0 Å². The summed E-state index contributed by atoms with van der Waals surface area (Å²) in [5, 5.41) is 0.469. The van der Waals surface area contributed by atoms with Crippen LogP contribution in [0, 0.1) is 11.7 Å². The Morgan fingerprint density at radius 2 is 1.83 bits per heavy atom. The molecule has 0 radical (unpaired) electrons. The van der Waals surface area contributed by atoms with Gasteiger partial charge in [0.25, 0.3) is 5.91 Å². The first kappa shape index (κ1) is 21.2. The van der Waals surface area contributed by atoms with Crippen molar-refractivity contribution in [2.45, 2.75) is 17.7 Å². The zero-order valence-electron chi connectivity index (χ0n) is 16.1. The van der Waals surface area contributed by atoms with E-state index in [4.69, 9.17) is 11.6 Å². The lowest BCUT2D eigenvalue weighted by Gasteiger charge is -2.29. The summed E-state index contributed by atoms with van der Waals surface area (Å²) in [4.78, 5) is 17.6. The molecule has 0 aliphatic carbocycles. The van der Waals surface area contributed by atoms with Crippen LogP contribution in [0.2, 0.25) is 5.02 Å². The number of carbonyl (C=O) groups is 1. The fraction of sp³-hybridized carbons (Fsp3) is 0.300. The molecule has 1 aliphatic rings. The molecule has 4 rings (SSSR count). The van der Waals surface area contributed by atoms with Gasteiger partial charge in [-0.15, -0.1) is 0 Å². The van der Waals surface area contributed by atoms with Crippen molar-refractivity contribution in [1.29, 1.82) is 0 Å². The largest absolute Gasteiger partial charge is 0.319 e. The number of hydrogen-bond acceptors (Lipinski definition) is 4. The topological polar surface area (TPSA) is 71.7 Å². The molecular formula is C20H19ClFN3O3S2. The summed E-state index contributed by atoms with van der Waals surface area (Å²) < 4.78 is 42.9. The van der Waals surface area contributed by atoms with Crippen molar-refractivity contribution in [3.05, 3.63) is 58.1 Å². The fourth-order valence-corrected chi connectivity index (χ4v) is 6.14. The molecule has 2 heterocycles. The summed E-state index contributed by atoms with van der Waals surface area (Å²) in [6.45, 7) is 0.501. The van der Waals surface area contributed by atoms with E-state index in [9.17, 15) is 17.6 Å². The van der Waals surface area contributed by atoms with Gasteiger partial charge in [-0.1, -0.05) is 22.9 Å². The number of carbonyl (C=O) groups excluding carboxylic acids is 1. The first-order valence-corrected chi connectivity index (χ1v) is 12.0. The van der Waals surface area contributed by atoms with Crippen LogP contribution >= 0.6 is 22.9 Å². The Morgan fingerprint density at radius 3 is 2.50 bits per heavy atom. The second-order valence-electron chi connectivity index (χ2n) is 7.14. The molecule has 0 unspecified atom stereocenters. The van der Waals surface area contributed by atoms with Crippen LogP contribution in [-0.2, 0) is 21.9 Å². The average Bonchev–Trinajstić information content (AvgIpc) is 3.03. The number of piperidine rings is 1. The van der Waals surface area contributed by atoms with Crippen LogP contribution in [0.25, 0.3) is 10.2 Å². The normalized spacial score (nSPS) is 17.0. The molecule has 0 N–H and O–H groups in total. The third-order valence-corrected chi connectivity index (χ3v) is 8.49. The Labute approximate surface area is 182 Å². The number of hydrogen-bond donors (Lipinski definition) is 0. The van der Waals surface area contributed by atoms with E-state index in [1.54, 1.807) is 29.8 Å². The zero-order valence-corrected chi connectivity index (χ0v) is 18.5. The molecule has 158 valence electrons. The van der Waals surface area contributed by atoms with Crippen LogP contribution in [0.5, 0.6) is 0 Å². The molecule has 1 saturated heterocycles. The van der Waals surface area contributed by atoms with Crippen molar-refractivity contribution in [2.24, 2.45) is 18.0 Å². The summed E-state index contributed by atoms with van der Waals surface area (Å²) in [5.41, 5.74) is 0.803. The van der Waals surface area contributed by atoms with Gasteiger partial charge in [0.1, 0.15) is 5.82 Å². The number of thiazole rings is 1. The van der Waals surface area contributed by atoms with Gasteiger partial charge >= 0.3 is 0 Å². The minimum atomic E-state index is -3.62. The van der Waals surface area contributed by atoms with E-state index < -0.39 is 10.0 Å². The van der Waals surface area contributed by atoms with Gasteiger partial charge in [-0.05, 0) is 55.3 Å². The van der Waals surface area contributed by atoms with Crippen LogP contribution in [0.15, 0.2) is 52.4 Å². The molecule has 10 heteroatoms. The fourth-order valence-electron chi connectivity index (χ4n) is 3.50. The molecular weight excluding hydrogens is 449 g/mol. The Hall–Kier alpha value is -2.07. The lowest BCUT2D eigenvalue weighted by Crippen LogP contribution is -2.40. The predicted octanol–water partition coefficient (Wildman–Crippen LogP) is 3.56. The number of fused-ring (bicyclic) bond motifs is 1. The second-order valence-corrected chi connectivity index (χ2v) is 10.5. The quantitative estimate of drug-likeness (QED) is 0.591. The highest BCUT2D eigenvalue weighted by molar-refractivity contribution is 7.89. The maximum Gasteiger partial charge on any atom is 0.251 e. The molecule has 1 fully saturated rings. The lowest BCUT2D eigenvalue weighted by molar-refractivity contribution is -0.122. The van der Waals surface area contributed by atoms with Gasteiger partial charge in [-0.3, -0.25) is 4.79 Å². The second kappa shape index (κ2) is 8.22. The summed E-state index contributed by atoms with van der Waals surface area (Å²) in [7, 11) is -1.84. The van der Waals surface area contributed by atoms with Crippen molar-refractivity contribution in [3.8, 4) is 0 Å². The van der Waals surface area contributed by atoms with E-state index in [-0.39, 0.29) is 35.6 Å². The van der Waals surface area contributed by atoms with Gasteiger partial charge in [-0.25, -0.2) is 12.8 Å². The molecule has 3 aromatic rings. The first-order chi connectivity index (χ1) is 14.3. The summed E-state index contributed by atoms with van der Waals surface area (Å²) in [5.74, 6) is -0.957. The molecule has 1 aromatic heterocycles. The van der Waals surface area contributed by atoms with Crippen molar-refractivity contribution in [2.75, 3.05) is 13.1 Å². The third-order valence-electron chi connectivity index (χ3n) is 5.23. The number of amides is 1. The van der Waals surface area contributed by atoms with Crippen molar-refractivity contribution in [1.82, 2.24) is 8.87 Å². The smallest absolute Gasteiger partial charge is 0.251 e. The molecule has 6 nitrogen and oxygen atoms in total. The van der Waals surface area contributed by atoms with Crippen LogP contribution in [-0.4, -0.2) is 36.3 Å². The lowest BCUT2D eigenvalue weighted by atomic mass is 9.98. The molecule has 30 heavy (non-hydrogen) atoms. The van der Waals surface area contributed by atoms with Gasteiger partial charge < -0.3 is 4.57 Å². The summed E-state index contributed by atoms with van der Waals surface area (Å²) in [6.07, 6.45) is 0.802. The number of aryl methyl sites for hydroxylation is 1. The highest BCUT2D eigenvalue weighted by atomic mass is 35.5. The Morgan fingerprint density at radius 1 is 1.17 bits per heavy atom. The van der Waals surface area contributed by atoms with E-state index in [2.05, 4.69) is 4.99 Å². The molecule has 0 spiro atoms. The Bertz CT molecular complexity index is 1270. The van der Waals surface area contributed by atoms with Crippen molar-refractivity contribution < 1.29 is 17.6 Å². The van der Waals surface area contributed by atoms with Gasteiger partial charge in [0.05, 0.1) is 15.1 Å². The first-order valence-electron chi connectivity index (χ1n) is 9.35. The average molecular weight is 468 g/mol. The van der Waals surface area contributed by atoms with Crippen LogP contribution in [0.3, 0.4) is 0 Å². The maximum atomic E-state index is 13.4. The van der Waals surface area contributed by atoms with Gasteiger partial charge in [0.2, 0.25) is 10.0 Å². The van der Waals surface area contributed by atoms with E-state index in [0.717, 1.165) is 5.52 Å². The van der Waals surface area contributed by atoms with E-state index in [0.29, 0.717) is 27.4 Å². The zero-order chi connectivity index (χ0) is 21.5. The van der Waals surface area contributed by atoms with Gasteiger partial charge in [0.15, 0.2) is 4.80 Å². The molecule has 0 saturated carbocycles. The summed E-state index contributed by atoms with van der Waals surface area (Å²) in [6, 6.07) is 10.5. The number of aromatic nitrogens is 1. The van der Waals surface area contributed by atoms with Crippen LogP contribution < -0.4 is 4.80 Å². The molecule has 1 aliphatic heterocycles. The predicted molar refractivity (Wildman–Crippen MR) is 114 cm³/mol. The number of nitrogens with zero attached hydrogens (tertiary/aromatic N) is 3. The molecule has 2 aromatic carbocycles. The van der Waals surface area contributed by atoms with E-state index in [1.165, 1.54) is 39.9 Å². The van der Waals surface area contributed by atoms with Gasteiger partial charge in [-0.2, -0.15) is 9.30 Å². The number of rotatable bonds is 3. The Kier molecular flexibility index (Phi) is 5.80. The van der Waals surface area contributed by atoms with E-state index >= 15 is 0 Å².